The summed E-state index contributed by atoms with van der Waals surface area (Å²) in [6.45, 7) is 1.98. The smallest absolute Gasteiger partial charge is 0.0958 e. The van der Waals surface area contributed by atoms with E-state index in [-0.39, 0.29) is 0 Å². The van der Waals surface area contributed by atoms with Crippen molar-refractivity contribution in [3.8, 4) is 0 Å². The largest absolute Gasteiger partial charge is 0.115 e. The van der Waals surface area contributed by atoms with Gasteiger partial charge in [-0.05, 0) is 0 Å². The molecule has 0 nitrogen and oxygen atoms in total. The van der Waals surface area contributed by atoms with E-state index in [9.17, 15) is 0 Å². The lowest BCUT2D eigenvalue weighted by atomic mass is 9.44. The van der Waals surface area contributed by atoms with Gasteiger partial charge in [-0.2, -0.15) is 0 Å². The van der Waals surface area contributed by atoms with Crippen molar-refractivity contribution < 1.29 is 0 Å². The van der Waals surface area contributed by atoms with Crippen molar-refractivity contribution >= 4 is 22.2 Å². The predicted molar refractivity (Wildman–Crippen MR) is 27.9 cm³/mol. The first-order chi connectivity index (χ1) is 2.41. The maximum absolute atomic E-state index is 4.98. The molecule has 0 spiro atoms. The molecule has 0 fully saturated rings. The Morgan fingerprint density at radius 2 is 2.40 bits per heavy atom. The number of hydrogen-bond acceptors (Lipinski definition) is 0. The minimum atomic E-state index is 0.917. The average molecular weight is 61.5 g/mol. The lowest BCUT2D eigenvalue weighted by Gasteiger charge is -1.74. The summed E-state index contributed by atoms with van der Waals surface area (Å²) in [5.74, 6) is 0. The third kappa shape index (κ3) is 4.19. The summed E-state index contributed by atoms with van der Waals surface area (Å²) in [5.41, 5.74) is 0. The van der Waals surface area contributed by atoms with Gasteiger partial charge in [0.15, 0.2) is 0 Å². The van der Waals surface area contributed by atoms with Gasteiger partial charge in [-0.15, -0.1) is 6.22 Å². The molecule has 0 bridgehead atoms. The van der Waals surface area contributed by atoms with E-state index in [2.05, 4.69) is 0 Å². The Balaban J connectivity index is 2.19. The van der Waals surface area contributed by atoms with Gasteiger partial charge in [-0.3, -0.25) is 0 Å². The van der Waals surface area contributed by atoms with Gasteiger partial charge in [0.1, 0.15) is 0 Å². The summed E-state index contributed by atoms with van der Waals surface area (Å²) in [4.78, 5) is 0. The fourth-order valence-corrected chi connectivity index (χ4v) is 0.136. The molecule has 5 heavy (non-hydrogen) atoms. The van der Waals surface area contributed by atoms with Crippen molar-refractivity contribution in [1.82, 2.24) is 0 Å². The van der Waals surface area contributed by atoms with E-state index in [4.69, 9.17) is 7.74 Å². The molecule has 3 heteroatoms. The van der Waals surface area contributed by atoms with E-state index < -0.39 is 0 Å². The van der Waals surface area contributed by atoms with Crippen LogP contribution in [-0.4, -0.2) is 22.2 Å². The molecule has 4 radical (unpaired) electrons. The number of rotatable bonds is 2. The highest BCUT2D eigenvalue weighted by Gasteiger charge is 1.73. The quantitative estimate of drug-likeness (QED) is 0.391. The van der Waals surface area contributed by atoms with Gasteiger partial charge in [0, 0.05) is 14.9 Å². The van der Waals surface area contributed by atoms with Crippen LogP contribution < -0.4 is 0 Å². The van der Waals surface area contributed by atoms with Crippen LogP contribution in [0.15, 0.2) is 0 Å². The Morgan fingerprint density at radius 3 is 2.40 bits per heavy atom. The van der Waals surface area contributed by atoms with E-state index >= 15 is 0 Å². The molecule has 0 N–H and O–H groups in total. The van der Waals surface area contributed by atoms with Gasteiger partial charge in [0.25, 0.3) is 0 Å². The maximum atomic E-state index is 4.98. The molecule has 0 saturated heterocycles. The van der Waals surface area contributed by atoms with Crippen LogP contribution in [0.1, 0.15) is 0 Å². The lowest BCUT2D eigenvalue weighted by Crippen LogP contribution is -1.90. The topological polar surface area (TPSA) is 0 Å². The van der Waals surface area contributed by atoms with Crippen LogP contribution in [0.25, 0.3) is 0 Å². The SMILES string of the molecule is [B][B]C[B]C. The molecular weight excluding hydrogens is 56.5 g/mol. The molecular formula is C2H5B3. The highest BCUT2D eigenvalue weighted by molar-refractivity contribution is 6.93. The Kier molecular flexibility index (Phi) is 4.36. The lowest BCUT2D eigenvalue weighted by molar-refractivity contribution is 1.98. The van der Waals surface area contributed by atoms with Gasteiger partial charge in [-0.1, -0.05) is 6.82 Å². The molecule has 0 heterocycles. The van der Waals surface area contributed by atoms with Crippen LogP contribution in [0.5, 0.6) is 0 Å². The van der Waals surface area contributed by atoms with E-state index in [1.807, 2.05) is 14.1 Å². The zero-order valence-corrected chi connectivity index (χ0v) is 3.44. The monoisotopic (exact) mass is 62.1 g/mol. The maximum Gasteiger partial charge on any atom is 0.0958 e. The molecule has 0 saturated carbocycles. The van der Waals surface area contributed by atoms with E-state index in [1.54, 1.807) is 7.17 Å². The summed E-state index contributed by atoms with van der Waals surface area (Å²) in [7, 11) is 8.61. The molecule has 0 aliphatic rings. The van der Waals surface area contributed by atoms with Crippen molar-refractivity contribution in [1.29, 1.82) is 0 Å². The second kappa shape index (κ2) is 4.19. The minimum Gasteiger partial charge on any atom is -0.115 e. The van der Waals surface area contributed by atoms with Gasteiger partial charge >= 0.3 is 0 Å². The van der Waals surface area contributed by atoms with E-state index in [1.165, 1.54) is 0 Å². The first-order valence-electron chi connectivity index (χ1n) is 1.73. The Hall–Kier alpha value is 0.195. The first kappa shape index (κ1) is 5.19. The van der Waals surface area contributed by atoms with Crippen molar-refractivity contribution in [2.45, 2.75) is 13.0 Å². The van der Waals surface area contributed by atoms with Gasteiger partial charge in [0.05, 0.1) is 7.28 Å². The molecule has 22 valence electrons. The van der Waals surface area contributed by atoms with Crippen LogP contribution in [0.2, 0.25) is 13.0 Å². The molecule has 0 unspecified atom stereocenters. The van der Waals surface area contributed by atoms with Crippen molar-refractivity contribution in [3.05, 3.63) is 0 Å². The summed E-state index contributed by atoms with van der Waals surface area (Å²) in [5, 5.41) is 0. The summed E-state index contributed by atoms with van der Waals surface area (Å²) in [6, 6.07) is 0. The van der Waals surface area contributed by atoms with Crippen LogP contribution in [0.4, 0.5) is 0 Å². The minimum absolute atomic E-state index is 0.917. The third-order valence-corrected chi connectivity index (χ3v) is 0.372. The average Bonchev–Trinajstić information content (AvgIpc) is 1.41. The van der Waals surface area contributed by atoms with E-state index in [0.29, 0.717) is 0 Å². The fraction of sp³-hybridized carbons (Fsp3) is 1.00. The van der Waals surface area contributed by atoms with Crippen molar-refractivity contribution in [2.24, 2.45) is 0 Å². The second-order valence-corrected chi connectivity index (χ2v) is 0.880. The number of hydrogen-bond donors (Lipinski definition) is 0. The summed E-state index contributed by atoms with van der Waals surface area (Å²) < 4.78 is 0. The van der Waals surface area contributed by atoms with Gasteiger partial charge in [0.2, 0.25) is 0 Å². The molecule has 0 atom stereocenters. The van der Waals surface area contributed by atoms with Crippen molar-refractivity contribution in [2.75, 3.05) is 0 Å². The Bertz CT molecular complexity index is 12.4. The normalized spacial score (nSPS) is 6.60. The Labute approximate surface area is 36.2 Å². The molecule has 0 aliphatic carbocycles. The molecule has 0 rings (SSSR count). The first-order valence-corrected chi connectivity index (χ1v) is 1.73. The predicted octanol–water partition coefficient (Wildman–Crippen LogP) is -0.0978. The Morgan fingerprint density at radius 1 is 1.80 bits per heavy atom. The van der Waals surface area contributed by atoms with E-state index in [0.717, 1.165) is 6.22 Å². The standard InChI is InChI=1S/C2H5B3/c1-4-2-5-3/h2H2,1H3. The molecule has 0 aromatic heterocycles. The van der Waals surface area contributed by atoms with Crippen LogP contribution in [0, 0.1) is 0 Å². The van der Waals surface area contributed by atoms with Crippen molar-refractivity contribution in [3.63, 3.8) is 0 Å². The van der Waals surface area contributed by atoms with Crippen LogP contribution in [0.3, 0.4) is 0 Å². The third-order valence-electron chi connectivity index (χ3n) is 0.372. The summed E-state index contributed by atoms with van der Waals surface area (Å²) in [6.07, 6.45) is 0.917. The zero-order valence-electron chi connectivity index (χ0n) is 3.44. The molecule has 0 aromatic carbocycles. The summed E-state index contributed by atoms with van der Waals surface area (Å²) >= 11 is 0. The van der Waals surface area contributed by atoms with Gasteiger partial charge in [-0.25, -0.2) is 0 Å². The fourth-order valence-electron chi connectivity index (χ4n) is 0.136. The second-order valence-electron chi connectivity index (χ2n) is 0.880. The molecule has 0 amide bonds. The highest BCUT2D eigenvalue weighted by atomic mass is 13.2. The van der Waals surface area contributed by atoms with Crippen LogP contribution >= 0.6 is 0 Å². The molecule has 0 aliphatic heterocycles. The highest BCUT2D eigenvalue weighted by Crippen LogP contribution is 1.64. The van der Waals surface area contributed by atoms with Crippen LogP contribution in [-0.2, 0) is 0 Å². The van der Waals surface area contributed by atoms with Gasteiger partial charge < -0.3 is 0 Å². The molecule has 0 aromatic rings. The zero-order chi connectivity index (χ0) is 4.12.